The molecule has 0 unspecified atom stereocenters. The zero-order chi connectivity index (χ0) is 15.5. The number of imidazole rings is 1. The average Bonchev–Trinajstić information content (AvgIpc) is 2.97. The van der Waals surface area contributed by atoms with Crippen molar-refractivity contribution < 1.29 is 0 Å². The zero-order valence-corrected chi connectivity index (χ0v) is 14.5. The van der Waals surface area contributed by atoms with E-state index >= 15 is 0 Å². The molecule has 0 saturated heterocycles. The smallest absolute Gasteiger partial charge is 0.165 e. The van der Waals surface area contributed by atoms with E-state index in [2.05, 4.69) is 22.1 Å². The molecule has 0 atom stereocenters. The molecule has 0 fully saturated rings. The van der Waals surface area contributed by atoms with E-state index in [0.29, 0.717) is 0 Å². The summed E-state index contributed by atoms with van der Waals surface area (Å²) in [5.74, 6) is 0.902. The molecule has 0 bridgehead atoms. The second-order valence-corrected chi connectivity index (χ2v) is 5.64. The number of allylic oxidation sites excluding steroid dienone is 2. The number of halogens is 1. The van der Waals surface area contributed by atoms with E-state index in [0.717, 1.165) is 28.8 Å². The number of nitrogens with one attached hydrogen (secondary N) is 1. The van der Waals surface area contributed by atoms with E-state index in [9.17, 15) is 0 Å². The van der Waals surface area contributed by atoms with Gasteiger partial charge in [0.1, 0.15) is 0 Å². The molecule has 0 spiro atoms. The Bertz CT molecular complexity index is 532. The molecule has 1 aromatic heterocycles. The number of thioether (sulfide) groups is 1. The predicted octanol–water partition coefficient (Wildman–Crippen LogP) is 5.89. The summed E-state index contributed by atoms with van der Waals surface area (Å²) in [6.45, 7) is 6.04. The fourth-order valence-corrected chi connectivity index (χ4v) is 2.63. The quantitative estimate of drug-likeness (QED) is 0.530. The molecule has 2 aromatic rings. The fraction of sp³-hybridized carbons (Fsp3) is 0.353. The Hall–Kier alpha value is -1.19. The van der Waals surface area contributed by atoms with Crippen LogP contribution in [-0.2, 0) is 12.2 Å². The van der Waals surface area contributed by atoms with Crippen LogP contribution in [0.4, 0.5) is 0 Å². The minimum absolute atomic E-state index is 0.776. The molecule has 1 N–H and O–H groups in total. The number of benzene rings is 1. The minimum atomic E-state index is 0.776. The maximum Gasteiger partial charge on any atom is 0.165 e. The number of H-pyrrole nitrogens is 1. The third-order valence-corrected chi connectivity index (χ3v) is 3.92. The first kappa shape index (κ1) is 17.9. The molecule has 114 valence electrons. The van der Waals surface area contributed by atoms with Crippen molar-refractivity contribution in [3.05, 3.63) is 58.9 Å². The van der Waals surface area contributed by atoms with Gasteiger partial charge in [0, 0.05) is 22.7 Å². The summed E-state index contributed by atoms with van der Waals surface area (Å²) in [5, 5.41) is 1.75. The molecule has 1 aromatic carbocycles. The van der Waals surface area contributed by atoms with E-state index in [1.165, 1.54) is 11.3 Å². The number of aromatic nitrogens is 2. The minimum Gasteiger partial charge on any atom is -0.337 e. The van der Waals surface area contributed by atoms with Gasteiger partial charge in [0.15, 0.2) is 5.16 Å². The number of nitrogens with zero attached hydrogens (tertiary/aromatic N) is 1. The Morgan fingerprint density at radius 1 is 1.24 bits per heavy atom. The van der Waals surface area contributed by atoms with Gasteiger partial charge < -0.3 is 4.98 Å². The first-order chi connectivity index (χ1) is 10.3. The van der Waals surface area contributed by atoms with E-state index in [1.54, 1.807) is 11.8 Å². The molecule has 0 amide bonds. The van der Waals surface area contributed by atoms with E-state index in [1.807, 2.05) is 51.2 Å². The predicted molar refractivity (Wildman–Crippen MR) is 94.1 cm³/mol. The summed E-state index contributed by atoms with van der Waals surface area (Å²) in [4.78, 5) is 7.73. The third-order valence-electron chi connectivity index (χ3n) is 2.71. The van der Waals surface area contributed by atoms with Crippen molar-refractivity contribution in [2.75, 3.05) is 0 Å². The SMILES string of the molecule is C/C=C\CCc1cnc(SCc2ccc(Cl)cc2)[nH]1.CC. The Morgan fingerprint density at radius 3 is 2.62 bits per heavy atom. The van der Waals surface area contributed by atoms with Gasteiger partial charge in [-0.3, -0.25) is 0 Å². The number of aromatic amines is 1. The highest BCUT2D eigenvalue weighted by Crippen LogP contribution is 2.21. The van der Waals surface area contributed by atoms with Gasteiger partial charge >= 0.3 is 0 Å². The van der Waals surface area contributed by atoms with Gasteiger partial charge in [-0.1, -0.05) is 61.5 Å². The molecule has 0 aliphatic carbocycles. The Morgan fingerprint density at radius 2 is 1.95 bits per heavy atom. The highest BCUT2D eigenvalue weighted by molar-refractivity contribution is 7.98. The van der Waals surface area contributed by atoms with Crippen molar-refractivity contribution in [1.29, 1.82) is 0 Å². The average molecular weight is 323 g/mol. The molecule has 1 heterocycles. The lowest BCUT2D eigenvalue weighted by Gasteiger charge is -1.99. The van der Waals surface area contributed by atoms with Crippen molar-refractivity contribution in [3.8, 4) is 0 Å². The van der Waals surface area contributed by atoms with E-state index in [4.69, 9.17) is 11.6 Å². The first-order valence-electron chi connectivity index (χ1n) is 7.30. The molecular formula is C17H23ClN2S. The number of hydrogen-bond donors (Lipinski definition) is 1. The Kier molecular flexibility index (Phi) is 8.95. The summed E-state index contributed by atoms with van der Waals surface area (Å²) in [7, 11) is 0. The fourth-order valence-electron chi connectivity index (χ4n) is 1.68. The van der Waals surface area contributed by atoms with Crippen LogP contribution in [-0.4, -0.2) is 9.97 Å². The normalized spacial score (nSPS) is 10.5. The van der Waals surface area contributed by atoms with Crippen LogP contribution in [0.15, 0.2) is 47.8 Å². The lowest BCUT2D eigenvalue weighted by Crippen LogP contribution is -1.84. The maximum atomic E-state index is 5.86. The van der Waals surface area contributed by atoms with Gasteiger partial charge in [0.25, 0.3) is 0 Å². The topological polar surface area (TPSA) is 28.7 Å². The van der Waals surface area contributed by atoms with Crippen LogP contribution in [0.25, 0.3) is 0 Å². The second kappa shape index (κ2) is 10.5. The monoisotopic (exact) mass is 322 g/mol. The number of rotatable bonds is 6. The molecule has 0 radical (unpaired) electrons. The molecule has 4 heteroatoms. The van der Waals surface area contributed by atoms with Gasteiger partial charge in [0.05, 0.1) is 0 Å². The van der Waals surface area contributed by atoms with Crippen molar-refractivity contribution in [2.24, 2.45) is 0 Å². The standard InChI is InChI=1S/C15H17ClN2S.C2H6/c1-2-3-4-5-14-10-17-15(18-14)19-11-12-6-8-13(16)9-7-12;1-2/h2-3,6-10H,4-5,11H2,1H3,(H,17,18);1-2H3/b3-2-;. The Balaban J connectivity index is 0.00000106. The summed E-state index contributed by atoms with van der Waals surface area (Å²) in [6.07, 6.45) is 8.24. The lowest BCUT2D eigenvalue weighted by atomic mass is 10.2. The van der Waals surface area contributed by atoms with E-state index in [-0.39, 0.29) is 0 Å². The summed E-state index contributed by atoms with van der Waals surface area (Å²) < 4.78 is 0. The molecule has 0 saturated carbocycles. The van der Waals surface area contributed by atoms with Crippen LogP contribution in [0.2, 0.25) is 5.02 Å². The highest BCUT2D eigenvalue weighted by Gasteiger charge is 2.01. The molecular weight excluding hydrogens is 300 g/mol. The number of hydrogen-bond acceptors (Lipinski definition) is 2. The molecule has 0 aliphatic rings. The summed E-state index contributed by atoms with van der Waals surface area (Å²) in [5.41, 5.74) is 2.44. The van der Waals surface area contributed by atoms with Gasteiger partial charge in [-0.2, -0.15) is 0 Å². The largest absolute Gasteiger partial charge is 0.337 e. The van der Waals surface area contributed by atoms with Crippen LogP contribution in [0.5, 0.6) is 0 Å². The van der Waals surface area contributed by atoms with Crippen molar-refractivity contribution in [1.82, 2.24) is 9.97 Å². The van der Waals surface area contributed by atoms with Crippen molar-refractivity contribution >= 4 is 23.4 Å². The van der Waals surface area contributed by atoms with Crippen LogP contribution in [0.1, 0.15) is 38.4 Å². The van der Waals surface area contributed by atoms with Crippen molar-refractivity contribution in [3.63, 3.8) is 0 Å². The third kappa shape index (κ3) is 6.87. The van der Waals surface area contributed by atoms with Gasteiger partial charge in [-0.15, -0.1) is 0 Å². The van der Waals surface area contributed by atoms with Crippen molar-refractivity contribution in [2.45, 2.75) is 44.5 Å². The molecule has 2 rings (SSSR count). The molecule has 2 nitrogen and oxygen atoms in total. The van der Waals surface area contributed by atoms with Gasteiger partial charge in [-0.05, 0) is 37.5 Å². The summed E-state index contributed by atoms with van der Waals surface area (Å²) >= 11 is 7.57. The maximum absolute atomic E-state index is 5.86. The molecule has 21 heavy (non-hydrogen) atoms. The van der Waals surface area contributed by atoms with Gasteiger partial charge in [-0.25, -0.2) is 4.98 Å². The van der Waals surface area contributed by atoms with Gasteiger partial charge in [0.2, 0.25) is 0 Å². The highest BCUT2D eigenvalue weighted by atomic mass is 35.5. The van der Waals surface area contributed by atoms with Crippen LogP contribution >= 0.6 is 23.4 Å². The summed E-state index contributed by atoms with van der Waals surface area (Å²) in [6, 6.07) is 7.93. The number of aryl methyl sites for hydroxylation is 1. The van der Waals surface area contributed by atoms with Crippen LogP contribution in [0, 0.1) is 0 Å². The van der Waals surface area contributed by atoms with Crippen LogP contribution in [0.3, 0.4) is 0 Å². The molecule has 0 aliphatic heterocycles. The zero-order valence-electron chi connectivity index (χ0n) is 12.9. The van der Waals surface area contributed by atoms with Crippen LogP contribution < -0.4 is 0 Å². The first-order valence-corrected chi connectivity index (χ1v) is 8.66. The lowest BCUT2D eigenvalue weighted by molar-refractivity contribution is 0.931. The Labute approximate surface area is 137 Å². The van der Waals surface area contributed by atoms with E-state index < -0.39 is 0 Å². The second-order valence-electron chi connectivity index (χ2n) is 4.24.